The first-order chi connectivity index (χ1) is 7.27. The maximum Gasteiger partial charge on any atom is 0.224 e. The molecule has 0 saturated heterocycles. The van der Waals surface area contributed by atoms with E-state index in [1.807, 2.05) is 20.2 Å². The minimum absolute atomic E-state index is 0.645. The molecule has 0 fully saturated rings. The lowest BCUT2D eigenvalue weighted by Crippen LogP contribution is -2.21. The fraction of sp³-hybridized carbons (Fsp3) is 0.600. The summed E-state index contributed by atoms with van der Waals surface area (Å²) < 4.78 is 5.00. The summed E-state index contributed by atoms with van der Waals surface area (Å²) in [7, 11) is 5.53. The second-order valence-corrected chi connectivity index (χ2v) is 3.26. The highest BCUT2D eigenvalue weighted by molar-refractivity contribution is 5.41. The second kappa shape index (κ2) is 6.19. The van der Waals surface area contributed by atoms with Crippen molar-refractivity contribution in [3.63, 3.8) is 0 Å². The van der Waals surface area contributed by atoms with Crippen LogP contribution in [0.2, 0.25) is 0 Å². The van der Waals surface area contributed by atoms with E-state index < -0.39 is 0 Å². The minimum Gasteiger partial charge on any atom is -0.385 e. The molecule has 0 spiro atoms. The van der Waals surface area contributed by atoms with Gasteiger partial charge < -0.3 is 15.0 Å². The van der Waals surface area contributed by atoms with Crippen LogP contribution < -0.4 is 10.2 Å². The van der Waals surface area contributed by atoms with E-state index in [4.69, 9.17) is 4.74 Å². The van der Waals surface area contributed by atoms with E-state index in [1.165, 1.54) is 0 Å². The van der Waals surface area contributed by atoms with E-state index >= 15 is 0 Å². The molecule has 0 aliphatic rings. The third-order valence-electron chi connectivity index (χ3n) is 2.10. The van der Waals surface area contributed by atoms with Gasteiger partial charge in [-0.2, -0.15) is 4.98 Å². The zero-order valence-electron chi connectivity index (χ0n) is 9.53. The van der Waals surface area contributed by atoms with Gasteiger partial charge >= 0.3 is 0 Å². The Kier molecular flexibility index (Phi) is 4.83. The van der Waals surface area contributed by atoms with Crippen LogP contribution in [0.15, 0.2) is 12.3 Å². The van der Waals surface area contributed by atoms with E-state index in [1.54, 1.807) is 13.3 Å². The summed E-state index contributed by atoms with van der Waals surface area (Å²) >= 11 is 0. The summed E-state index contributed by atoms with van der Waals surface area (Å²) in [5, 5.41) is 2.92. The molecule has 0 aliphatic carbocycles. The fourth-order valence-corrected chi connectivity index (χ4v) is 1.24. The second-order valence-electron chi connectivity index (χ2n) is 3.26. The van der Waals surface area contributed by atoms with Gasteiger partial charge in [-0.1, -0.05) is 0 Å². The van der Waals surface area contributed by atoms with Crippen LogP contribution >= 0.6 is 0 Å². The Labute approximate surface area is 90.5 Å². The summed E-state index contributed by atoms with van der Waals surface area (Å²) in [5.74, 6) is 1.57. The maximum atomic E-state index is 5.00. The average Bonchev–Trinajstić information content (AvgIpc) is 2.29. The minimum atomic E-state index is 0.645. The molecule has 1 N–H and O–H groups in total. The molecule has 0 saturated carbocycles. The molecule has 0 unspecified atom stereocenters. The van der Waals surface area contributed by atoms with Crippen molar-refractivity contribution in [2.45, 2.75) is 6.42 Å². The number of hydrogen-bond acceptors (Lipinski definition) is 5. The first-order valence-corrected chi connectivity index (χ1v) is 4.98. The van der Waals surface area contributed by atoms with Crippen LogP contribution in [-0.4, -0.2) is 44.3 Å². The van der Waals surface area contributed by atoms with E-state index in [-0.39, 0.29) is 0 Å². The van der Waals surface area contributed by atoms with Crippen molar-refractivity contribution in [1.29, 1.82) is 0 Å². The molecule has 1 aromatic heterocycles. The fourth-order valence-electron chi connectivity index (χ4n) is 1.24. The lowest BCUT2D eigenvalue weighted by atomic mass is 10.4. The Morgan fingerprint density at radius 2 is 2.33 bits per heavy atom. The van der Waals surface area contributed by atoms with Gasteiger partial charge in [0.05, 0.1) is 0 Å². The normalized spacial score (nSPS) is 10.1. The molecule has 0 amide bonds. The molecule has 84 valence electrons. The van der Waals surface area contributed by atoms with Crippen LogP contribution in [0.3, 0.4) is 0 Å². The van der Waals surface area contributed by atoms with Crippen molar-refractivity contribution < 1.29 is 4.74 Å². The molecule has 15 heavy (non-hydrogen) atoms. The molecule has 0 atom stereocenters. The molecular weight excluding hydrogens is 192 g/mol. The summed E-state index contributed by atoms with van der Waals surface area (Å²) in [6, 6.07) is 1.90. The molecule has 5 nitrogen and oxygen atoms in total. The number of nitrogens with one attached hydrogen (secondary N) is 1. The number of ether oxygens (including phenoxy) is 1. The van der Waals surface area contributed by atoms with Gasteiger partial charge in [-0.15, -0.1) is 0 Å². The van der Waals surface area contributed by atoms with Gasteiger partial charge in [0.25, 0.3) is 0 Å². The summed E-state index contributed by atoms with van der Waals surface area (Å²) in [6.45, 7) is 1.70. The number of nitrogens with zero attached hydrogens (tertiary/aromatic N) is 3. The van der Waals surface area contributed by atoms with Crippen molar-refractivity contribution in [3.8, 4) is 0 Å². The van der Waals surface area contributed by atoms with Gasteiger partial charge in [-0.05, 0) is 12.5 Å². The van der Waals surface area contributed by atoms with Crippen molar-refractivity contribution in [2.24, 2.45) is 0 Å². The number of methoxy groups -OCH3 is 1. The average molecular weight is 210 g/mol. The van der Waals surface area contributed by atoms with Gasteiger partial charge in [0.2, 0.25) is 5.95 Å². The molecule has 0 aliphatic heterocycles. The molecule has 5 heteroatoms. The lowest BCUT2D eigenvalue weighted by molar-refractivity contribution is 0.196. The molecule has 1 aromatic rings. The van der Waals surface area contributed by atoms with E-state index in [0.29, 0.717) is 5.95 Å². The largest absolute Gasteiger partial charge is 0.385 e. The third kappa shape index (κ3) is 3.71. The Bertz CT molecular complexity index is 293. The molecule has 1 rings (SSSR count). The summed E-state index contributed by atoms with van der Waals surface area (Å²) in [6.07, 6.45) is 2.74. The Morgan fingerprint density at radius 1 is 1.53 bits per heavy atom. The molecule has 0 aromatic carbocycles. The number of anilines is 2. The Hall–Kier alpha value is -1.36. The topological polar surface area (TPSA) is 50.3 Å². The Balaban J connectivity index is 2.52. The SMILES string of the molecule is CNc1nccc(N(C)CCCOC)n1. The molecule has 1 heterocycles. The van der Waals surface area contributed by atoms with Crippen molar-refractivity contribution in [3.05, 3.63) is 12.3 Å². The van der Waals surface area contributed by atoms with Crippen molar-refractivity contribution >= 4 is 11.8 Å². The lowest BCUT2D eigenvalue weighted by Gasteiger charge is -2.17. The summed E-state index contributed by atoms with van der Waals surface area (Å²) in [5.41, 5.74) is 0. The Morgan fingerprint density at radius 3 is 3.00 bits per heavy atom. The molecule has 0 bridgehead atoms. The van der Waals surface area contributed by atoms with Crippen LogP contribution in [0.1, 0.15) is 6.42 Å². The van der Waals surface area contributed by atoms with Gasteiger partial charge in [-0.3, -0.25) is 0 Å². The van der Waals surface area contributed by atoms with Crippen LogP contribution in [0.5, 0.6) is 0 Å². The van der Waals surface area contributed by atoms with Gasteiger partial charge in [0.1, 0.15) is 5.82 Å². The van der Waals surface area contributed by atoms with Crippen LogP contribution in [-0.2, 0) is 4.74 Å². The standard InChI is InChI=1S/C10H18N4O/c1-11-10-12-6-5-9(13-10)14(2)7-4-8-15-3/h5-6H,4,7-8H2,1-3H3,(H,11,12,13). The van der Waals surface area contributed by atoms with Crippen molar-refractivity contribution in [1.82, 2.24) is 9.97 Å². The number of aromatic nitrogens is 2. The predicted octanol–water partition coefficient (Wildman–Crippen LogP) is 0.991. The van der Waals surface area contributed by atoms with Gasteiger partial charge in [0.15, 0.2) is 0 Å². The number of hydrogen-bond donors (Lipinski definition) is 1. The van der Waals surface area contributed by atoms with Crippen molar-refractivity contribution in [2.75, 3.05) is 44.6 Å². The highest BCUT2D eigenvalue weighted by atomic mass is 16.5. The maximum absolute atomic E-state index is 5.00. The first-order valence-electron chi connectivity index (χ1n) is 4.98. The van der Waals surface area contributed by atoms with Crippen LogP contribution in [0.4, 0.5) is 11.8 Å². The van der Waals surface area contributed by atoms with E-state index in [9.17, 15) is 0 Å². The number of rotatable bonds is 6. The zero-order chi connectivity index (χ0) is 11.1. The monoisotopic (exact) mass is 210 g/mol. The van der Waals surface area contributed by atoms with Gasteiger partial charge in [0, 0.05) is 40.6 Å². The first kappa shape index (κ1) is 11.7. The predicted molar refractivity (Wildman–Crippen MR) is 61.3 cm³/mol. The van der Waals surface area contributed by atoms with Gasteiger partial charge in [-0.25, -0.2) is 4.98 Å². The van der Waals surface area contributed by atoms with Crippen LogP contribution in [0.25, 0.3) is 0 Å². The van der Waals surface area contributed by atoms with E-state index in [0.717, 1.165) is 25.4 Å². The molecular formula is C10H18N4O. The van der Waals surface area contributed by atoms with E-state index in [2.05, 4.69) is 20.2 Å². The summed E-state index contributed by atoms with van der Waals surface area (Å²) in [4.78, 5) is 10.5. The zero-order valence-corrected chi connectivity index (χ0v) is 9.53. The molecule has 0 radical (unpaired) electrons. The third-order valence-corrected chi connectivity index (χ3v) is 2.10. The smallest absolute Gasteiger partial charge is 0.224 e. The highest BCUT2D eigenvalue weighted by Gasteiger charge is 2.02. The quantitative estimate of drug-likeness (QED) is 0.710. The van der Waals surface area contributed by atoms with Crippen LogP contribution in [0, 0.1) is 0 Å². The highest BCUT2D eigenvalue weighted by Crippen LogP contribution is 2.09.